The monoisotopic (exact) mass is 336 g/mol. The van der Waals surface area contributed by atoms with Crippen molar-refractivity contribution < 1.29 is 0 Å². The lowest BCUT2D eigenvalue weighted by molar-refractivity contribution is 0.203. The second-order valence-electron chi connectivity index (χ2n) is 6.18. The molecule has 2 aromatic heterocycles. The van der Waals surface area contributed by atoms with E-state index >= 15 is 0 Å². The Labute approximate surface area is 146 Å². The summed E-state index contributed by atoms with van der Waals surface area (Å²) in [7, 11) is 0. The summed E-state index contributed by atoms with van der Waals surface area (Å²) >= 11 is 1.76. The van der Waals surface area contributed by atoms with Gasteiger partial charge in [-0.3, -0.25) is 4.90 Å². The molecule has 0 amide bonds. The van der Waals surface area contributed by atoms with Crippen molar-refractivity contribution in [2.24, 2.45) is 0 Å². The Morgan fingerprint density at radius 1 is 1.08 bits per heavy atom. The van der Waals surface area contributed by atoms with E-state index in [0.717, 1.165) is 38.2 Å². The fourth-order valence-electron chi connectivity index (χ4n) is 3.25. The molecule has 1 fully saturated rings. The lowest BCUT2D eigenvalue weighted by atomic mass is 9.93. The predicted octanol–water partition coefficient (Wildman–Crippen LogP) is 3.98. The van der Waals surface area contributed by atoms with Crippen molar-refractivity contribution in [3.05, 3.63) is 65.0 Å². The van der Waals surface area contributed by atoms with E-state index in [1.807, 2.05) is 18.3 Å². The number of hydrogen-bond acceptors (Lipinski definition) is 5. The van der Waals surface area contributed by atoms with Crippen molar-refractivity contribution in [2.75, 3.05) is 13.1 Å². The molecular formula is C19H20N4S. The van der Waals surface area contributed by atoms with Crippen LogP contribution < -0.4 is 0 Å². The van der Waals surface area contributed by atoms with Gasteiger partial charge in [-0.05, 0) is 32.0 Å². The van der Waals surface area contributed by atoms with E-state index < -0.39 is 0 Å². The van der Waals surface area contributed by atoms with Gasteiger partial charge in [0.25, 0.3) is 0 Å². The molecule has 0 bridgehead atoms. The van der Waals surface area contributed by atoms with Crippen molar-refractivity contribution in [1.29, 1.82) is 0 Å². The molecule has 0 radical (unpaired) electrons. The van der Waals surface area contributed by atoms with Crippen molar-refractivity contribution in [1.82, 2.24) is 19.9 Å². The van der Waals surface area contributed by atoms with Gasteiger partial charge >= 0.3 is 0 Å². The second kappa shape index (κ2) is 7.20. The van der Waals surface area contributed by atoms with Crippen LogP contribution in [0.5, 0.6) is 0 Å². The minimum atomic E-state index is 0.570. The number of hydrogen-bond donors (Lipinski definition) is 0. The highest BCUT2D eigenvalue weighted by Gasteiger charge is 2.22. The summed E-state index contributed by atoms with van der Waals surface area (Å²) in [5.74, 6) is 0.570. The maximum atomic E-state index is 4.81. The van der Waals surface area contributed by atoms with E-state index in [0.29, 0.717) is 5.92 Å². The summed E-state index contributed by atoms with van der Waals surface area (Å²) in [5, 5.41) is 3.37. The molecule has 4 nitrogen and oxygen atoms in total. The summed E-state index contributed by atoms with van der Waals surface area (Å²) in [4.78, 5) is 15.7. The summed E-state index contributed by atoms with van der Waals surface area (Å²) in [6, 6.07) is 12.4. The standard InChI is InChI=1S/C19H20N4S/c1-2-4-15(5-3-1)18-13-24-19(22-18)12-23-10-7-16(8-11-23)17-6-9-20-14-21-17/h1-6,9,13-14,16H,7-8,10-12H2. The van der Waals surface area contributed by atoms with Crippen LogP contribution in [0.25, 0.3) is 11.3 Å². The number of nitrogens with zero attached hydrogens (tertiary/aromatic N) is 4. The van der Waals surface area contributed by atoms with Crippen LogP contribution in [0.1, 0.15) is 29.5 Å². The van der Waals surface area contributed by atoms with Gasteiger partial charge in [0.2, 0.25) is 0 Å². The minimum Gasteiger partial charge on any atom is -0.297 e. The summed E-state index contributed by atoms with van der Waals surface area (Å²) in [5.41, 5.74) is 3.47. The van der Waals surface area contributed by atoms with E-state index in [-0.39, 0.29) is 0 Å². The first-order valence-corrected chi connectivity index (χ1v) is 9.24. The molecule has 1 aliphatic heterocycles. The molecule has 0 atom stereocenters. The Hall–Kier alpha value is -2.11. The molecule has 5 heteroatoms. The van der Waals surface area contributed by atoms with Gasteiger partial charge < -0.3 is 0 Å². The zero-order valence-electron chi connectivity index (χ0n) is 13.5. The fourth-order valence-corrected chi connectivity index (χ4v) is 4.09. The first-order chi connectivity index (χ1) is 11.9. The van der Waals surface area contributed by atoms with Crippen molar-refractivity contribution in [3.63, 3.8) is 0 Å². The SMILES string of the molecule is c1ccc(-c2csc(CN3CCC(c4ccncn4)CC3)n2)cc1. The van der Waals surface area contributed by atoms with Gasteiger partial charge in [-0.25, -0.2) is 15.0 Å². The molecular weight excluding hydrogens is 316 g/mol. The largest absolute Gasteiger partial charge is 0.297 e. The number of benzene rings is 1. The van der Waals surface area contributed by atoms with Crippen molar-refractivity contribution in [2.45, 2.75) is 25.3 Å². The Bertz CT molecular complexity index is 764. The molecule has 1 aromatic carbocycles. The van der Waals surface area contributed by atoms with Crippen LogP contribution in [0.15, 0.2) is 54.3 Å². The van der Waals surface area contributed by atoms with Gasteiger partial charge in [0.05, 0.1) is 12.2 Å². The Kier molecular flexibility index (Phi) is 4.62. The third-order valence-electron chi connectivity index (χ3n) is 4.59. The van der Waals surface area contributed by atoms with Crippen LogP contribution in [0.3, 0.4) is 0 Å². The third-order valence-corrected chi connectivity index (χ3v) is 5.42. The molecule has 4 rings (SSSR count). The summed E-state index contributed by atoms with van der Waals surface area (Å²) in [6.45, 7) is 3.16. The molecule has 24 heavy (non-hydrogen) atoms. The number of rotatable bonds is 4. The van der Waals surface area contributed by atoms with Gasteiger partial charge in [-0.1, -0.05) is 30.3 Å². The van der Waals surface area contributed by atoms with Crippen LogP contribution in [0.2, 0.25) is 0 Å². The van der Waals surface area contributed by atoms with E-state index in [1.54, 1.807) is 17.7 Å². The Morgan fingerprint density at radius 3 is 2.67 bits per heavy atom. The molecule has 0 N–H and O–H groups in total. The van der Waals surface area contributed by atoms with E-state index in [9.17, 15) is 0 Å². The first kappa shape index (κ1) is 15.4. The van der Waals surface area contributed by atoms with Gasteiger partial charge in [-0.15, -0.1) is 11.3 Å². The average molecular weight is 336 g/mol. The van der Waals surface area contributed by atoms with Crippen LogP contribution in [0.4, 0.5) is 0 Å². The summed E-state index contributed by atoms with van der Waals surface area (Å²) in [6.07, 6.45) is 5.82. The molecule has 1 saturated heterocycles. The lowest BCUT2D eigenvalue weighted by Crippen LogP contribution is -2.32. The molecule has 0 saturated carbocycles. The highest BCUT2D eigenvalue weighted by Crippen LogP contribution is 2.28. The van der Waals surface area contributed by atoms with E-state index in [4.69, 9.17) is 4.98 Å². The highest BCUT2D eigenvalue weighted by atomic mass is 32.1. The second-order valence-corrected chi connectivity index (χ2v) is 7.12. The number of piperidine rings is 1. The van der Waals surface area contributed by atoms with Crippen molar-refractivity contribution >= 4 is 11.3 Å². The average Bonchev–Trinajstić information content (AvgIpc) is 3.12. The molecule has 122 valence electrons. The molecule has 0 aliphatic carbocycles. The van der Waals surface area contributed by atoms with Crippen LogP contribution >= 0.6 is 11.3 Å². The maximum Gasteiger partial charge on any atom is 0.115 e. The zero-order valence-corrected chi connectivity index (χ0v) is 14.3. The normalized spacial score (nSPS) is 16.3. The smallest absolute Gasteiger partial charge is 0.115 e. The number of thiazole rings is 1. The molecule has 3 heterocycles. The van der Waals surface area contributed by atoms with Gasteiger partial charge in [0.1, 0.15) is 11.3 Å². The molecule has 0 spiro atoms. The van der Waals surface area contributed by atoms with Crippen LogP contribution in [-0.2, 0) is 6.54 Å². The lowest BCUT2D eigenvalue weighted by Gasteiger charge is -2.30. The number of likely N-dealkylation sites (tertiary alicyclic amines) is 1. The quantitative estimate of drug-likeness (QED) is 0.723. The predicted molar refractivity (Wildman–Crippen MR) is 96.8 cm³/mol. The molecule has 1 aliphatic rings. The Morgan fingerprint density at radius 2 is 1.92 bits per heavy atom. The minimum absolute atomic E-state index is 0.570. The fraction of sp³-hybridized carbons (Fsp3) is 0.316. The highest BCUT2D eigenvalue weighted by molar-refractivity contribution is 7.09. The van der Waals surface area contributed by atoms with Gasteiger partial charge in [-0.2, -0.15) is 0 Å². The van der Waals surface area contributed by atoms with Gasteiger partial charge in [0.15, 0.2) is 0 Å². The van der Waals surface area contributed by atoms with Crippen molar-refractivity contribution in [3.8, 4) is 11.3 Å². The van der Waals surface area contributed by atoms with Crippen LogP contribution in [-0.4, -0.2) is 32.9 Å². The van der Waals surface area contributed by atoms with Crippen LogP contribution in [0, 0.1) is 0 Å². The van der Waals surface area contributed by atoms with Gasteiger partial charge in [0, 0.05) is 28.8 Å². The maximum absolute atomic E-state index is 4.81. The molecule has 3 aromatic rings. The first-order valence-electron chi connectivity index (χ1n) is 8.36. The summed E-state index contributed by atoms with van der Waals surface area (Å²) < 4.78 is 0. The molecule has 0 unspecified atom stereocenters. The third kappa shape index (κ3) is 3.52. The van der Waals surface area contributed by atoms with E-state index in [2.05, 4.69) is 44.5 Å². The zero-order chi connectivity index (χ0) is 16.2. The topological polar surface area (TPSA) is 41.9 Å². The van der Waals surface area contributed by atoms with E-state index in [1.165, 1.54) is 16.3 Å². The number of aromatic nitrogens is 3. The Balaban J connectivity index is 1.35.